The number of hydrogen-bond donors (Lipinski definition) is 2. The summed E-state index contributed by atoms with van der Waals surface area (Å²) in [6.45, 7) is 7.46. The SMILES string of the molecule is CC(C)=CCCC(C)=CCCC(C)=CC(O)C(F)(F)OP(=O)(O)C(F)F. The van der Waals surface area contributed by atoms with Crippen LogP contribution in [0.5, 0.6) is 0 Å². The van der Waals surface area contributed by atoms with Gasteiger partial charge in [-0.05, 0) is 59.5 Å². The Balaban J connectivity index is 4.65. The van der Waals surface area contributed by atoms with Crippen molar-refractivity contribution in [3.05, 3.63) is 34.9 Å². The maximum Gasteiger partial charge on any atom is 0.398 e. The van der Waals surface area contributed by atoms with E-state index in [1.54, 1.807) is 0 Å². The van der Waals surface area contributed by atoms with Crippen molar-refractivity contribution in [2.45, 2.75) is 71.8 Å². The molecule has 0 aliphatic rings. The lowest BCUT2D eigenvalue weighted by Gasteiger charge is -2.23. The van der Waals surface area contributed by atoms with Crippen molar-refractivity contribution in [3.8, 4) is 0 Å². The standard InChI is InChI=1S/C17H27F4O4P/c1-12(2)7-5-8-13(3)9-6-10-14(4)11-15(22)17(20,21)25-26(23,24)16(18)19/h7,9,11,15-16,22H,5-6,8,10H2,1-4H3,(H,23,24). The van der Waals surface area contributed by atoms with Crippen molar-refractivity contribution in [1.82, 2.24) is 0 Å². The zero-order chi connectivity index (χ0) is 20.5. The minimum absolute atomic E-state index is 0.360. The van der Waals surface area contributed by atoms with E-state index >= 15 is 0 Å². The molecule has 0 heterocycles. The van der Waals surface area contributed by atoms with Gasteiger partial charge in [0, 0.05) is 0 Å². The highest BCUT2D eigenvalue weighted by molar-refractivity contribution is 7.53. The molecule has 2 atom stereocenters. The predicted molar refractivity (Wildman–Crippen MR) is 93.3 cm³/mol. The number of aliphatic hydroxyl groups excluding tert-OH is 1. The van der Waals surface area contributed by atoms with Gasteiger partial charge in [0.05, 0.1) is 0 Å². The van der Waals surface area contributed by atoms with E-state index in [9.17, 15) is 27.2 Å². The molecule has 0 amide bonds. The van der Waals surface area contributed by atoms with Gasteiger partial charge in [0.1, 0.15) is 0 Å². The summed E-state index contributed by atoms with van der Waals surface area (Å²) in [5.74, 6) is 0. The molecular weight excluding hydrogens is 375 g/mol. The van der Waals surface area contributed by atoms with Gasteiger partial charge in [-0.3, -0.25) is 4.57 Å². The predicted octanol–water partition coefficient (Wildman–Crippen LogP) is 5.78. The van der Waals surface area contributed by atoms with Gasteiger partial charge in [0.15, 0.2) is 6.10 Å². The normalized spacial score (nSPS) is 17.2. The molecule has 152 valence electrons. The highest BCUT2D eigenvalue weighted by Crippen LogP contribution is 2.53. The van der Waals surface area contributed by atoms with E-state index < -0.39 is 26.0 Å². The van der Waals surface area contributed by atoms with E-state index in [0.717, 1.165) is 24.5 Å². The third-order valence-corrected chi connectivity index (χ3v) is 4.41. The molecular formula is C17H27F4O4P. The fourth-order valence-electron chi connectivity index (χ4n) is 1.95. The van der Waals surface area contributed by atoms with Crippen molar-refractivity contribution < 1.29 is 36.7 Å². The Hall–Kier alpha value is -0.950. The molecule has 0 aromatic carbocycles. The summed E-state index contributed by atoms with van der Waals surface area (Å²) in [5, 5.41) is 9.42. The van der Waals surface area contributed by atoms with Crippen LogP contribution in [0.4, 0.5) is 17.6 Å². The lowest BCUT2D eigenvalue weighted by Crippen LogP contribution is -2.34. The Morgan fingerprint density at radius 3 is 2.08 bits per heavy atom. The smallest absolute Gasteiger partial charge is 0.380 e. The molecule has 0 saturated heterocycles. The maximum absolute atomic E-state index is 13.5. The Kier molecular flexibility index (Phi) is 10.6. The Bertz CT molecular complexity index is 581. The first-order valence-electron chi connectivity index (χ1n) is 8.11. The van der Waals surface area contributed by atoms with Gasteiger partial charge < -0.3 is 10.00 Å². The summed E-state index contributed by atoms with van der Waals surface area (Å²) in [5.41, 5.74) is 2.74. The summed E-state index contributed by atoms with van der Waals surface area (Å²) >= 11 is 0. The van der Waals surface area contributed by atoms with Crippen molar-refractivity contribution in [2.75, 3.05) is 0 Å². The van der Waals surface area contributed by atoms with Gasteiger partial charge in [0.25, 0.3) is 0 Å². The van der Waals surface area contributed by atoms with Crippen LogP contribution in [0, 0.1) is 0 Å². The molecule has 2 N–H and O–H groups in total. The molecule has 26 heavy (non-hydrogen) atoms. The quantitative estimate of drug-likeness (QED) is 0.261. The van der Waals surface area contributed by atoms with Crippen LogP contribution in [-0.2, 0) is 9.09 Å². The van der Waals surface area contributed by atoms with Crippen LogP contribution in [-0.4, -0.2) is 28.4 Å². The molecule has 0 radical (unpaired) electrons. The minimum atomic E-state index is -5.82. The molecule has 0 aliphatic heterocycles. The van der Waals surface area contributed by atoms with E-state index in [4.69, 9.17) is 4.89 Å². The van der Waals surface area contributed by atoms with Gasteiger partial charge in [-0.1, -0.05) is 28.9 Å². The zero-order valence-corrected chi connectivity index (χ0v) is 16.3. The van der Waals surface area contributed by atoms with Gasteiger partial charge in [-0.25, -0.2) is 4.52 Å². The van der Waals surface area contributed by atoms with Crippen LogP contribution >= 0.6 is 7.60 Å². The number of rotatable bonds is 11. The minimum Gasteiger partial charge on any atom is -0.380 e. The first kappa shape index (κ1) is 25.1. The fourth-order valence-corrected chi connectivity index (χ4v) is 2.49. The number of alkyl halides is 4. The molecule has 0 aliphatic carbocycles. The summed E-state index contributed by atoms with van der Waals surface area (Å²) in [7, 11) is -5.82. The van der Waals surface area contributed by atoms with E-state index in [0.29, 0.717) is 18.4 Å². The molecule has 0 aromatic rings. The van der Waals surface area contributed by atoms with E-state index in [1.807, 2.05) is 26.8 Å². The summed E-state index contributed by atoms with van der Waals surface area (Å²) in [6.07, 6.45) is -3.69. The first-order valence-corrected chi connectivity index (χ1v) is 9.76. The van der Waals surface area contributed by atoms with Crippen LogP contribution in [0.25, 0.3) is 0 Å². The molecule has 0 aromatic heterocycles. The lowest BCUT2D eigenvalue weighted by molar-refractivity contribution is -0.231. The lowest BCUT2D eigenvalue weighted by atomic mass is 10.1. The molecule has 0 spiro atoms. The van der Waals surface area contributed by atoms with Crippen LogP contribution < -0.4 is 0 Å². The summed E-state index contributed by atoms with van der Waals surface area (Å²) < 4.78 is 65.4. The van der Waals surface area contributed by atoms with Gasteiger partial charge in [-0.2, -0.15) is 17.6 Å². The van der Waals surface area contributed by atoms with E-state index in [2.05, 4.69) is 10.6 Å². The molecule has 4 nitrogen and oxygen atoms in total. The fraction of sp³-hybridized carbons (Fsp3) is 0.647. The Labute approximate surface area is 151 Å². The summed E-state index contributed by atoms with van der Waals surface area (Å²) in [4.78, 5) is 8.68. The zero-order valence-electron chi connectivity index (χ0n) is 15.4. The molecule has 0 rings (SSSR count). The molecule has 9 heteroatoms. The Morgan fingerprint density at radius 1 is 1.08 bits per heavy atom. The number of allylic oxidation sites excluding steroid dienone is 5. The van der Waals surface area contributed by atoms with Gasteiger partial charge >= 0.3 is 19.9 Å². The van der Waals surface area contributed by atoms with E-state index in [-0.39, 0.29) is 0 Å². The van der Waals surface area contributed by atoms with Gasteiger partial charge in [-0.15, -0.1) is 0 Å². The topological polar surface area (TPSA) is 66.8 Å². The van der Waals surface area contributed by atoms with E-state index in [1.165, 1.54) is 12.5 Å². The second kappa shape index (κ2) is 11.0. The molecule has 0 saturated carbocycles. The van der Waals surface area contributed by atoms with Crippen molar-refractivity contribution >= 4 is 7.60 Å². The second-order valence-corrected chi connectivity index (χ2v) is 8.06. The average molecular weight is 402 g/mol. The number of aliphatic hydroxyl groups is 1. The maximum atomic E-state index is 13.5. The van der Waals surface area contributed by atoms with Gasteiger partial charge in [0.2, 0.25) is 0 Å². The average Bonchev–Trinajstić information content (AvgIpc) is 2.45. The van der Waals surface area contributed by atoms with Crippen molar-refractivity contribution in [3.63, 3.8) is 0 Å². The monoisotopic (exact) mass is 402 g/mol. The van der Waals surface area contributed by atoms with Crippen LogP contribution in [0.1, 0.15) is 53.4 Å². The largest absolute Gasteiger partial charge is 0.398 e. The molecule has 2 unspecified atom stereocenters. The number of hydrogen-bond acceptors (Lipinski definition) is 3. The third kappa shape index (κ3) is 10.3. The molecule has 0 bridgehead atoms. The number of halogens is 4. The highest BCUT2D eigenvalue weighted by atomic mass is 31.2. The highest BCUT2D eigenvalue weighted by Gasteiger charge is 2.48. The first-order chi connectivity index (χ1) is 11.8. The Morgan fingerprint density at radius 2 is 1.58 bits per heavy atom. The summed E-state index contributed by atoms with van der Waals surface area (Å²) in [6, 6.07) is 0. The van der Waals surface area contributed by atoms with Crippen LogP contribution in [0.2, 0.25) is 0 Å². The van der Waals surface area contributed by atoms with Crippen LogP contribution in [0.3, 0.4) is 0 Å². The third-order valence-electron chi connectivity index (χ3n) is 3.41. The molecule has 0 fully saturated rings. The second-order valence-electron chi connectivity index (χ2n) is 6.36. The van der Waals surface area contributed by atoms with Crippen LogP contribution in [0.15, 0.2) is 34.9 Å². The van der Waals surface area contributed by atoms with Crippen molar-refractivity contribution in [1.29, 1.82) is 0 Å². The van der Waals surface area contributed by atoms with Crippen molar-refractivity contribution in [2.24, 2.45) is 0 Å².